The van der Waals surface area contributed by atoms with Crippen LogP contribution in [0.15, 0.2) is 0 Å². The first-order valence-electron chi connectivity index (χ1n) is 6.01. The van der Waals surface area contributed by atoms with Gasteiger partial charge in [0.05, 0.1) is 25.7 Å². The lowest BCUT2D eigenvalue weighted by Crippen LogP contribution is -3.18. The van der Waals surface area contributed by atoms with E-state index < -0.39 is 10.4 Å². The van der Waals surface area contributed by atoms with Crippen LogP contribution in [0.1, 0.15) is 32.1 Å². The van der Waals surface area contributed by atoms with Gasteiger partial charge in [0.1, 0.15) is 0 Å². The van der Waals surface area contributed by atoms with Crippen molar-refractivity contribution in [1.82, 2.24) is 0 Å². The lowest BCUT2D eigenvalue weighted by Gasteiger charge is -2.41. The maximum atomic E-state index is 10.4. The van der Waals surface area contributed by atoms with E-state index in [9.17, 15) is 13.0 Å². The predicted octanol–water partition coefficient (Wildman–Crippen LogP) is -0.689. The molecule has 1 unspecified atom stereocenters. The van der Waals surface area contributed by atoms with Gasteiger partial charge in [-0.25, -0.2) is 8.42 Å². The van der Waals surface area contributed by atoms with Crippen molar-refractivity contribution in [3.05, 3.63) is 0 Å². The molecule has 0 aromatic rings. The van der Waals surface area contributed by atoms with Crippen molar-refractivity contribution in [2.75, 3.05) is 19.7 Å². The predicted molar refractivity (Wildman–Crippen MR) is 56.7 cm³/mol. The summed E-state index contributed by atoms with van der Waals surface area (Å²) in [6.45, 7) is 2.45. The van der Waals surface area contributed by atoms with Gasteiger partial charge in [0.25, 0.3) is 0 Å². The zero-order valence-electron chi connectivity index (χ0n) is 9.35. The molecule has 2 fully saturated rings. The molecular weight excluding hydrogens is 230 g/mol. The third-order valence-corrected chi connectivity index (χ3v) is 4.28. The van der Waals surface area contributed by atoms with Gasteiger partial charge in [-0.05, 0) is 32.1 Å². The highest BCUT2D eigenvalue weighted by Gasteiger charge is 2.36. The second kappa shape index (κ2) is 5.00. The second-order valence-electron chi connectivity index (χ2n) is 4.86. The zero-order chi connectivity index (χ0) is 11.6. The Morgan fingerprint density at radius 3 is 2.69 bits per heavy atom. The summed E-state index contributed by atoms with van der Waals surface area (Å²) in [7, 11) is -4.52. The van der Waals surface area contributed by atoms with Crippen LogP contribution < -0.4 is 4.90 Å². The molecule has 1 N–H and O–H groups in total. The van der Waals surface area contributed by atoms with E-state index in [-0.39, 0.29) is 12.5 Å². The minimum absolute atomic E-state index is 0.0833. The molecular formula is C10H19NO4S. The second-order valence-corrected chi connectivity index (χ2v) is 5.91. The Morgan fingerprint density at radius 2 is 1.94 bits per heavy atom. The van der Waals surface area contributed by atoms with Crippen LogP contribution in [0.4, 0.5) is 0 Å². The number of quaternary nitrogens is 1. The molecule has 0 amide bonds. The summed E-state index contributed by atoms with van der Waals surface area (Å²) < 4.78 is 35.8. The van der Waals surface area contributed by atoms with Crippen molar-refractivity contribution in [3.63, 3.8) is 0 Å². The smallest absolute Gasteiger partial charge is 0.217 e. The first kappa shape index (κ1) is 12.3. The van der Waals surface area contributed by atoms with Crippen molar-refractivity contribution in [3.8, 4) is 0 Å². The van der Waals surface area contributed by atoms with Crippen molar-refractivity contribution in [2.24, 2.45) is 5.92 Å². The van der Waals surface area contributed by atoms with Crippen LogP contribution in [0, 0.1) is 5.92 Å². The zero-order valence-corrected chi connectivity index (χ0v) is 10.2. The fourth-order valence-corrected chi connectivity index (χ4v) is 3.49. The monoisotopic (exact) mass is 249 g/mol. The van der Waals surface area contributed by atoms with Gasteiger partial charge in [-0.1, -0.05) is 0 Å². The third kappa shape index (κ3) is 3.16. The highest BCUT2D eigenvalue weighted by atomic mass is 32.3. The van der Waals surface area contributed by atoms with Crippen LogP contribution in [-0.4, -0.2) is 38.7 Å². The largest absolute Gasteiger partial charge is 0.726 e. The van der Waals surface area contributed by atoms with Gasteiger partial charge in [-0.15, -0.1) is 0 Å². The van der Waals surface area contributed by atoms with E-state index in [1.165, 1.54) is 25.9 Å². The third-order valence-electron chi connectivity index (χ3n) is 3.86. The molecule has 16 heavy (non-hydrogen) atoms. The molecule has 0 spiro atoms. The molecule has 0 saturated carbocycles. The topological polar surface area (TPSA) is 70.9 Å². The number of rotatable bonds is 3. The maximum absolute atomic E-state index is 10.4. The number of hydrogen-bond acceptors (Lipinski definition) is 4. The SMILES string of the molecule is O=S(=O)([O-])OC[C@H]1CCC[NH+]2CCCC[C@@H]12. The number of nitrogens with one attached hydrogen (secondary N) is 1. The highest BCUT2D eigenvalue weighted by molar-refractivity contribution is 7.80. The molecule has 94 valence electrons. The van der Waals surface area contributed by atoms with Gasteiger partial charge in [0, 0.05) is 5.92 Å². The summed E-state index contributed by atoms with van der Waals surface area (Å²) in [4.78, 5) is 1.58. The lowest BCUT2D eigenvalue weighted by molar-refractivity contribution is -0.940. The molecule has 3 atom stereocenters. The summed E-state index contributed by atoms with van der Waals surface area (Å²) in [5, 5.41) is 0. The summed E-state index contributed by atoms with van der Waals surface area (Å²) in [5.74, 6) is 0.243. The normalized spacial score (nSPS) is 35.7. The molecule has 2 rings (SSSR count). The summed E-state index contributed by atoms with van der Waals surface area (Å²) in [5.41, 5.74) is 0. The highest BCUT2D eigenvalue weighted by Crippen LogP contribution is 2.20. The van der Waals surface area contributed by atoms with Gasteiger partial charge in [-0.2, -0.15) is 0 Å². The Bertz CT molecular complexity index is 328. The van der Waals surface area contributed by atoms with E-state index in [4.69, 9.17) is 0 Å². The summed E-state index contributed by atoms with van der Waals surface area (Å²) >= 11 is 0. The van der Waals surface area contributed by atoms with Gasteiger partial charge >= 0.3 is 0 Å². The molecule has 0 radical (unpaired) electrons. The Morgan fingerprint density at radius 1 is 1.19 bits per heavy atom. The Labute approximate surface area is 96.7 Å². The van der Waals surface area contributed by atoms with Crippen LogP contribution in [0.3, 0.4) is 0 Å². The Balaban J connectivity index is 1.92. The van der Waals surface area contributed by atoms with Gasteiger partial charge in [0.15, 0.2) is 0 Å². The number of piperidine rings is 2. The van der Waals surface area contributed by atoms with E-state index >= 15 is 0 Å². The van der Waals surface area contributed by atoms with E-state index in [2.05, 4.69) is 4.18 Å². The molecule has 2 aliphatic rings. The lowest BCUT2D eigenvalue weighted by atomic mass is 9.84. The van der Waals surface area contributed by atoms with Crippen molar-refractivity contribution >= 4 is 10.4 Å². The van der Waals surface area contributed by atoms with Gasteiger partial charge < -0.3 is 9.45 Å². The molecule has 0 aromatic heterocycles. The minimum atomic E-state index is -4.52. The van der Waals surface area contributed by atoms with E-state index in [0.717, 1.165) is 19.3 Å². The van der Waals surface area contributed by atoms with Crippen molar-refractivity contribution in [2.45, 2.75) is 38.1 Å². The minimum Gasteiger partial charge on any atom is -0.726 e. The molecule has 5 nitrogen and oxygen atoms in total. The molecule has 6 heteroatoms. The van der Waals surface area contributed by atoms with Crippen molar-refractivity contribution < 1.29 is 22.1 Å². The quantitative estimate of drug-likeness (QED) is 0.531. The average Bonchev–Trinajstić information content (AvgIpc) is 2.25. The van der Waals surface area contributed by atoms with E-state index in [0.29, 0.717) is 6.04 Å². The summed E-state index contributed by atoms with van der Waals surface area (Å²) in [6.07, 6.45) is 5.72. The Hall–Kier alpha value is -0.170. The number of fused-ring (bicyclic) bond motifs is 1. The molecule has 2 heterocycles. The molecule has 0 aromatic carbocycles. The van der Waals surface area contributed by atoms with E-state index in [1.54, 1.807) is 4.90 Å². The van der Waals surface area contributed by atoms with Crippen LogP contribution in [-0.2, 0) is 14.6 Å². The van der Waals surface area contributed by atoms with Crippen LogP contribution in [0.5, 0.6) is 0 Å². The fraction of sp³-hybridized carbons (Fsp3) is 1.00. The first-order chi connectivity index (χ1) is 7.56. The van der Waals surface area contributed by atoms with Crippen LogP contribution in [0.25, 0.3) is 0 Å². The standard InChI is InChI=1S/C10H19NO4S/c12-16(13,14)15-8-9-4-3-7-11-6-2-1-5-10(9)11/h9-10H,1-8H2,(H,12,13,14)/t9-,10+/m1/s1. The van der Waals surface area contributed by atoms with Crippen molar-refractivity contribution in [1.29, 1.82) is 0 Å². The fourth-order valence-electron chi connectivity index (χ4n) is 3.15. The molecule has 0 aliphatic carbocycles. The van der Waals surface area contributed by atoms with Gasteiger partial charge in [-0.3, -0.25) is 4.18 Å². The Kier molecular flexibility index (Phi) is 3.84. The average molecular weight is 249 g/mol. The van der Waals surface area contributed by atoms with Crippen LogP contribution >= 0.6 is 0 Å². The maximum Gasteiger partial charge on any atom is 0.217 e. The molecule has 2 aliphatic heterocycles. The molecule has 2 saturated heterocycles. The number of hydrogen-bond donors (Lipinski definition) is 1. The first-order valence-corrected chi connectivity index (χ1v) is 7.34. The molecule has 0 bridgehead atoms. The summed E-state index contributed by atoms with van der Waals surface area (Å²) in [6, 6.07) is 0.504. The van der Waals surface area contributed by atoms with E-state index in [1.807, 2.05) is 0 Å². The van der Waals surface area contributed by atoms with Crippen LogP contribution in [0.2, 0.25) is 0 Å². The van der Waals surface area contributed by atoms with Gasteiger partial charge in [0.2, 0.25) is 10.4 Å².